The Morgan fingerprint density at radius 1 is 1.21 bits per heavy atom. The van der Waals surface area contributed by atoms with Crippen LogP contribution in [0, 0.1) is 5.92 Å². The van der Waals surface area contributed by atoms with Crippen LogP contribution in [-0.2, 0) is 14.3 Å². The number of benzene rings is 1. The van der Waals surface area contributed by atoms with Gasteiger partial charge >= 0.3 is 11.8 Å². The second-order valence-electron chi connectivity index (χ2n) is 8.55. The Labute approximate surface area is 172 Å². The molecule has 29 heavy (non-hydrogen) atoms. The fraction of sp³-hybridized carbons (Fsp3) is 0.591. The lowest BCUT2D eigenvalue weighted by Gasteiger charge is -2.32. The van der Waals surface area contributed by atoms with Crippen molar-refractivity contribution in [3.63, 3.8) is 0 Å². The van der Waals surface area contributed by atoms with Gasteiger partial charge in [-0.3, -0.25) is 14.6 Å². The minimum absolute atomic E-state index is 0.196. The van der Waals surface area contributed by atoms with Crippen molar-refractivity contribution in [1.82, 2.24) is 5.32 Å². The van der Waals surface area contributed by atoms with E-state index in [9.17, 15) is 9.59 Å². The molecule has 1 aliphatic heterocycles. The van der Waals surface area contributed by atoms with Crippen LogP contribution in [0.1, 0.15) is 64.0 Å². The SMILES string of the molecule is COc1cc(NC(=O)C(=O)NC(C)(C)CC2CCCCC2)ccc1C1CN=CO1. The lowest BCUT2D eigenvalue weighted by Crippen LogP contribution is -2.49. The van der Waals surface area contributed by atoms with Crippen molar-refractivity contribution >= 4 is 23.9 Å². The van der Waals surface area contributed by atoms with E-state index >= 15 is 0 Å². The molecule has 1 atom stereocenters. The average molecular weight is 402 g/mol. The lowest BCUT2D eigenvalue weighted by atomic mass is 9.81. The molecule has 0 aromatic heterocycles. The molecule has 1 heterocycles. The Hall–Kier alpha value is -2.57. The summed E-state index contributed by atoms with van der Waals surface area (Å²) in [4.78, 5) is 28.9. The van der Waals surface area contributed by atoms with Gasteiger partial charge in [-0.05, 0) is 38.3 Å². The summed E-state index contributed by atoms with van der Waals surface area (Å²) < 4.78 is 10.9. The van der Waals surface area contributed by atoms with Gasteiger partial charge in [0.15, 0.2) is 6.40 Å². The first-order chi connectivity index (χ1) is 13.9. The van der Waals surface area contributed by atoms with Crippen LogP contribution in [0.4, 0.5) is 5.69 Å². The van der Waals surface area contributed by atoms with Crippen LogP contribution in [0.2, 0.25) is 0 Å². The molecule has 158 valence electrons. The largest absolute Gasteiger partial charge is 0.496 e. The number of methoxy groups -OCH3 is 1. The van der Waals surface area contributed by atoms with E-state index in [1.54, 1.807) is 19.2 Å². The number of nitrogens with zero attached hydrogens (tertiary/aromatic N) is 1. The van der Waals surface area contributed by atoms with E-state index in [2.05, 4.69) is 15.6 Å². The summed E-state index contributed by atoms with van der Waals surface area (Å²) in [6.07, 6.45) is 8.33. The van der Waals surface area contributed by atoms with Gasteiger partial charge < -0.3 is 20.1 Å². The van der Waals surface area contributed by atoms with Crippen molar-refractivity contribution in [2.75, 3.05) is 19.0 Å². The molecule has 0 saturated heterocycles. The number of carbonyl (C=O) groups excluding carboxylic acids is 2. The zero-order chi connectivity index (χ0) is 20.9. The summed E-state index contributed by atoms with van der Waals surface area (Å²) in [5.41, 5.74) is 0.924. The number of amides is 2. The minimum atomic E-state index is -0.683. The van der Waals surface area contributed by atoms with Gasteiger partial charge in [0, 0.05) is 22.9 Å². The standard InChI is InChI=1S/C22H31N3O4/c1-22(2,12-15-7-5-4-6-8-15)25-21(27)20(26)24-16-9-10-17(18(11-16)28-3)19-13-23-14-29-19/h9-11,14-15,19H,4-8,12-13H2,1-3H3,(H,24,26)(H,25,27). The number of carbonyl (C=O) groups is 2. The van der Waals surface area contributed by atoms with E-state index in [0.29, 0.717) is 23.9 Å². The number of rotatable bonds is 6. The maximum absolute atomic E-state index is 12.4. The quantitative estimate of drug-likeness (QED) is 0.713. The van der Waals surface area contributed by atoms with Crippen molar-refractivity contribution in [2.24, 2.45) is 10.9 Å². The summed E-state index contributed by atoms with van der Waals surface area (Å²) in [6, 6.07) is 5.24. The van der Waals surface area contributed by atoms with Crippen molar-refractivity contribution in [3.05, 3.63) is 23.8 Å². The van der Waals surface area contributed by atoms with Crippen LogP contribution in [0.3, 0.4) is 0 Å². The van der Waals surface area contributed by atoms with Crippen molar-refractivity contribution in [2.45, 2.75) is 64.0 Å². The van der Waals surface area contributed by atoms with Gasteiger partial charge in [-0.15, -0.1) is 0 Å². The van der Waals surface area contributed by atoms with Gasteiger partial charge in [-0.25, -0.2) is 0 Å². The molecule has 3 rings (SSSR count). The Bertz CT molecular complexity index is 761. The molecule has 1 saturated carbocycles. The molecule has 1 aliphatic carbocycles. The summed E-state index contributed by atoms with van der Waals surface area (Å²) in [5.74, 6) is -0.115. The molecule has 7 nitrogen and oxygen atoms in total. The summed E-state index contributed by atoms with van der Waals surface area (Å²) >= 11 is 0. The van der Waals surface area contributed by atoms with Gasteiger partial charge in [0.25, 0.3) is 0 Å². The molecule has 1 aromatic rings. The normalized spacial score (nSPS) is 19.5. The molecule has 2 amide bonds. The number of hydrogen-bond donors (Lipinski definition) is 2. The van der Waals surface area contributed by atoms with E-state index in [-0.39, 0.29) is 6.10 Å². The molecular formula is C22H31N3O4. The fourth-order valence-corrected chi connectivity index (χ4v) is 4.24. The van der Waals surface area contributed by atoms with E-state index < -0.39 is 17.4 Å². The molecule has 0 spiro atoms. The van der Waals surface area contributed by atoms with Crippen LogP contribution in [-0.4, -0.2) is 37.4 Å². The van der Waals surface area contributed by atoms with E-state index in [0.717, 1.165) is 12.0 Å². The smallest absolute Gasteiger partial charge is 0.313 e. The zero-order valence-corrected chi connectivity index (χ0v) is 17.5. The van der Waals surface area contributed by atoms with Gasteiger partial charge in [-0.2, -0.15) is 0 Å². The highest BCUT2D eigenvalue weighted by molar-refractivity contribution is 6.39. The first kappa shape index (κ1) is 21.1. The highest BCUT2D eigenvalue weighted by Crippen LogP contribution is 2.32. The van der Waals surface area contributed by atoms with Gasteiger partial charge in [-0.1, -0.05) is 32.1 Å². The lowest BCUT2D eigenvalue weighted by molar-refractivity contribution is -0.137. The highest BCUT2D eigenvalue weighted by atomic mass is 16.5. The molecule has 1 aromatic carbocycles. The second kappa shape index (κ2) is 9.29. The van der Waals surface area contributed by atoms with E-state index in [1.807, 2.05) is 19.9 Å². The van der Waals surface area contributed by atoms with Gasteiger partial charge in [0.05, 0.1) is 13.7 Å². The van der Waals surface area contributed by atoms with Gasteiger partial charge in [0.1, 0.15) is 11.9 Å². The molecule has 7 heteroatoms. The Morgan fingerprint density at radius 2 is 1.97 bits per heavy atom. The second-order valence-corrected chi connectivity index (χ2v) is 8.55. The molecule has 0 radical (unpaired) electrons. The average Bonchev–Trinajstić information content (AvgIpc) is 3.22. The zero-order valence-electron chi connectivity index (χ0n) is 17.5. The molecule has 1 unspecified atom stereocenters. The fourth-order valence-electron chi connectivity index (χ4n) is 4.24. The monoisotopic (exact) mass is 401 g/mol. The summed E-state index contributed by atoms with van der Waals surface area (Å²) in [5, 5.41) is 5.55. The van der Waals surface area contributed by atoms with Crippen LogP contribution >= 0.6 is 0 Å². The van der Waals surface area contributed by atoms with Crippen molar-refractivity contribution in [1.29, 1.82) is 0 Å². The number of nitrogens with one attached hydrogen (secondary N) is 2. The Balaban J connectivity index is 1.57. The first-order valence-electron chi connectivity index (χ1n) is 10.3. The number of anilines is 1. The maximum Gasteiger partial charge on any atom is 0.313 e. The number of hydrogen-bond acceptors (Lipinski definition) is 5. The third-order valence-corrected chi connectivity index (χ3v) is 5.59. The van der Waals surface area contributed by atoms with Crippen LogP contribution < -0.4 is 15.4 Å². The number of aliphatic imine (C=N–C) groups is 1. The Morgan fingerprint density at radius 3 is 2.62 bits per heavy atom. The highest BCUT2D eigenvalue weighted by Gasteiger charge is 2.29. The van der Waals surface area contributed by atoms with Crippen LogP contribution in [0.15, 0.2) is 23.2 Å². The minimum Gasteiger partial charge on any atom is -0.496 e. The third kappa shape index (κ3) is 5.71. The van der Waals surface area contributed by atoms with E-state index in [4.69, 9.17) is 9.47 Å². The number of ether oxygens (including phenoxy) is 2. The van der Waals surface area contributed by atoms with Gasteiger partial charge in [0.2, 0.25) is 0 Å². The predicted molar refractivity (Wildman–Crippen MR) is 112 cm³/mol. The van der Waals surface area contributed by atoms with E-state index in [1.165, 1.54) is 38.5 Å². The molecule has 1 fully saturated rings. The van der Waals surface area contributed by atoms with Crippen molar-refractivity contribution in [3.8, 4) is 5.75 Å². The molecule has 2 N–H and O–H groups in total. The summed E-state index contributed by atoms with van der Waals surface area (Å²) in [7, 11) is 1.56. The van der Waals surface area contributed by atoms with Crippen LogP contribution in [0.5, 0.6) is 5.75 Å². The Kier molecular flexibility index (Phi) is 6.77. The maximum atomic E-state index is 12.4. The molecule has 2 aliphatic rings. The molecule has 0 bridgehead atoms. The summed E-state index contributed by atoms with van der Waals surface area (Å²) in [6.45, 7) is 4.49. The predicted octanol–water partition coefficient (Wildman–Crippen LogP) is 3.60. The molecular weight excluding hydrogens is 370 g/mol. The van der Waals surface area contributed by atoms with Crippen molar-refractivity contribution < 1.29 is 19.1 Å². The third-order valence-electron chi connectivity index (χ3n) is 5.59. The topological polar surface area (TPSA) is 89.0 Å². The first-order valence-corrected chi connectivity index (χ1v) is 10.3. The van der Waals surface area contributed by atoms with Crippen LogP contribution in [0.25, 0.3) is 0 Å².